The van der Waals surface area contributed by atoms with Crippen LogP contribution in [0.25, 0.3) is 0 Å². The van der Waals surface area contributed by atoms with Crippen LogP contribution in [0.5, 0.6) is 11.5 Å². The maximum atomic E-state index is 12.7. The standard InChI is InChI=1S/C20H25N3O3/c1-20(2)13-23(17-8-6-5-7-15(17)22-20)12-19(24)21-16-10-9-14(25-3)11-18(16)26-4/h5-11,22H,12-13H2,1-4H3,(H,21,24). The highest BCUT2D eigenvalue weighted by molar-refractivity contribution is 5.96. The Balaban J connectivity index is 1.76. The Hall–Kier alpha value is -2.89. The summed E-state index contributed by atoms with van der Waals surface area (Å²) in [6.45, 7) is 5.25. The number of nitrogens with zero attached hydrogens (tertiary/aromatic N) is 1. The first-order valence-corrected chi connectivity index (χ1v) is 8.56. The maximum Gasteiger partial charge on any atom is 0.243 e. The van der Waals surface area contributed by atoms with Crippen LogP contribution in [-0.2, 0) is 4.79 Å². The SMILES string of the molecule is COc1ccc(NC(=O)CN2CC(C)(C)Nc3ccccc32)c(OC)c1. The average Bonchev–Trinajstić information content (AvgIpc) is 2.61. The Morgan fingerprint density at radius 2 is 1.96 bits per heavy atom. The zero-order valence-electron chi connectivity index (χ0n) is 15.6. The van der Waals surface area contributed by atoms with Gasteiger partial charge in [-0.2, -0.15) is 0 Å². The highest BCUT2D eigenvalue weighted by Crippen LogP contribution is 2.34. The molecule has 1 aliphatic heterocycles. The van der Waals surface area contributed by atoms with Gasteiger partial charge in [-0.25, -0.2) is 0 Å². The minimum absolute atomic E-state index is 0.0963. The van der Waals surface area contributed by atoms with Crippen molar-refractivity contribution in [1.29, 1.82) is 0 Å². The molecule has 0 aromatic heterocycles. The lowest BCUT2D eigenvalue weighted by Gasteiger charge is -2.41. The lowest BCUT2D eigenvalue weighted by atomic mass is 9.99. The summed E-state index contributed by atoms with van der Waals surface area (Å²) in [4.78, 5) is 14.8. The number of ether oxygens (including phenoxy) is 2. The molecule has 2 aromatic carbocycles. The third-order valence-electron chi connectivity index (χ3n) is 4.32. The van der Waals surface area contributed by atoms with E-state index in [0.29, 0.717) is 17.2 Å². The minimum Gasteiger partial charge on any atom is -0.497 e. The van der Waals surface area contributed by atoms with E-state index in [9.17, 15) is 4.79 Å². The number of carbonyl (C=O) groups is 1. The predicted octanol–water partition coefficient (Wildman–Crippen LogP) is 3.35. The summed E-state index contributed by atoms with van der Waals surface area (Å²) >= 11 is 0. The van der Waals surface area contributed by atoms with Gasteiger partial charge in [0.1, 0.15) is 11.5 Å². The fourth-order valence-corrected chi connectivity index (χ4v) is 3.23. The van der Waals surface area contributed by atoms with Gasteiger partial charge in [0.15, 0.2) is 0 Å². The fraction of sp³-hybridized carbons (Fsp3) is 0.350. The van der Waals surface area contributed by atoms with Crippen molar-refractivity contribution in [3.05, 3.63) is 42.5 Å². The van der Waals surface area contributed by atoms with Crippen LogP contribution in [0, 0.1) is 0 Å². The molecule has 0 aliphatic carbocycles. The van der Waals surface area contributed by atoms with Gasteiger partial charge in [-0.1, -0.05) is 12.1 Å². The van der Waals surface area contributed by atoms with E-state index in [0.717, 1.165) is 17.9 Å². The largest absolute Gasteiger partial charge is 0.497 e. The second-order valence-corrected chi connectivity index (χ2v) is 7.00. The molecule has 2 N–H and O–H groups in total. The molecule has 3 rings (SSSR count). The molecule has 6 heteroatoms. The summed E-state index contributed by atoms with van der Waals surface area (Å²) in [5.74, 6) is 1.15. The van der Waals surface area contributed by atoms with E-state index in [1.807, 2.05) is 24.3 Å². The molecule has 0 unspecified atom stereocenters. The van der Waals surface area contributed by atoms with Crippen molar-refractivity contribution in [3.8, 4) is 11.5 Å². The van der Waals surface area contributed by atoms with Crippen molar-refractivity contribution >= 4 is 23.0 Å². The number of carbonyl (C=O) groups excluding carboxylic acids is 1. The van der Waals surface area contributed by atoms with E-state index >= 15 is 0 Å². The van der Waals surface area contributed by atoms with Crippen molar-refractivity contribution in [2.45, 2.75) is 19.4 Å². The van der Waals surface area contributed by atoms with Gasteiger partial charge >= 0.3 is 0 Å². The molecule has 0 bridgehead atoms. The van der Waals surface area contributed by atoms with Gasteiger partial charge in [-0.05, 0) is 38.1 Å². The molecule has 0 radical (unpaired) electrons. The Morgan fingerprint density at radius 3 is 2.69 bits per heavy atom. The molecule has 0 saturated carbocycles. The number of nitrogens with one attached hydrogen (secondary N) is 2. The summed E-state index contributed by atoms with van der Waals surface area (Å²) in [5, 5.41) is 6.45. The molecular formula is C20H25N3O3. The molecule has 0 fully saturated rings. The third-order valence-corrected chi connectivity index (χ3v) is 4.32. The molecule has 1 heterocycles. The molecular weight excluding hydrogens is 330 g/mol. The number of hydrogen-bond acceptors (Lipinski definition) is 5. The Bertz CT molecular complexity index is 805. The van der Waals surface area contributed by atoms with E-state index in [2.05, 4.69) is 29.4 Å². The van der Waals surface area contributed by atoms with Gasteiger partial charge in [0.2, 0.25) is 5.91 Å². The van der Waals surface area contributed by atoms with Crippen LogP contribution in [0.1, 0.15) is 13.8 Å². The van der Waals surface area contributed by atoms with Crippen molar-refractivity contribution in [2.75, 3.05) is 42.8 Å². The summed E-state index contributed by atoms with van der Waals surface area (Å²) in [6.07, 6.45) is 0. The number of para-hydroxylation sites is 2. The second-order valence-electron chi connectivity index (χ2n) is 7.00. The van der Waals surface area contributed by atoms with Crippen LogP contribution < -0.4 is 25.0 Å². The first-order chi connectivity index (χ1) is 12.4. The van der Waals surface area contributed by atoms with Gasteiger partial charge in [-0.3, -0.25) is 4.79 Å². The fourth-order valence-electron chi connectivity index (χ4n) is 3.23. The number of fused-ring (bicyclic) bond motifs is 1. The van der Waals surface area contributed by atoms with Crippen molar-refractivity contribution < 1.29 is 14.3 Å². The lowest BCUT2D eigenvalue weighted by molar-refractivity contribution is -0.115. The molecule has 0 spiro atoms. The number of anilines is 3. The third kappa shape index (κ3) is 3.85. The number of benzene rings is 2. The average molecular weight is 355 g/mol. The quantitative estimate of drug-likeness (QED) is 0.861. The number of hydrogen-bond donors (Lipinski definition) is 2. The first-order valence-electron chi connectivity index (χ1n) is 8.56. The topological polar surface area (TPSA) is 62.8 Å². The molecule has 26 heavy (non-hydrogen) atoms. The van der Waals surface area contributed by atoms with E-state index in [1.54, 1.807) is 32.4 Å². The van der Waals surface area contributed by atoms with Gasteiger partial charge in [-0.15, -0.1) is 0 Å². The van der Waals surface area contributed by atoms with Crippen LogP contribution in [0.4, 0.5) is 17.1 Å². The molecule has 0 atom stereocenters. The summed E-state index contributed by atoms with van der Waals surface area (Å²) in [7, 11) is 3.16. The molecule has 0 saturated heterocycles. The number of amides is 1. The van der Waals surface area contributed by atoms with Crippen molar-refractivity contribution in [2.24, 2.45) is 0 Å². The first kappa shape index (κ1) is 17.9. The van der Waals surface area contributed by atoms with E-state index in [-0.39, 0.29) is 18.0 Å². The highest BCUT2D eigenvalue weighted by atomic mass is 16.5. The van der Waals surface area contributed by atoms with Crippen molar-refractivity contribution in [1.82, 2.24) is 0 Å². The van der Waals surface area contributed by atoms with E-state index < -0.39 is 0 Å². The molecule has 1 aliphatic rings. The second kappa shape index (κ2) is 7.15. The molecule has 1 amide bonds. The van der Waals surface area contributed by atoms with Crippen LogP contribution in [0.2, 0.25) is 0 Å². The van der Waals surface area contributed by atoms with Crippen molar-refractivity contribution in [3.63, 3.8) is 0 Å². The monoisotopic (exact) mass is 355 g/mol. The van der Waals surface area contributed by atoms with Crippen LogP contribution in [0.15, 0.2) is 42.5 Å². The van der Waals surface area contributed by atoms with Crippen LogP contribution >= 0.6 is 0 Å². The summed E-state index contributed by atoms with van der Waals surface area (Å²) in [5.41, 5.74) is 2.58. The maximum absolute atomic E-state index is 12.7. The number of methoxy groups -OCH3 is 2. The Labute approximate surface area is 154 Å². The van der Waals surface area contributed by atoms with Crippen LogP contribution in [0.3, 0.4) is 0 Å². The summed E-state index contributed by atoms with van der Waals surface area (Å²) in [6, 6.07) is 13.4. The zero-order valence-corrected chi connectivity index (χ0v) is 15.6. The highest BCUT2D eigenvalue weighted by Gasteiger charge is 2.30. The number of rotatable bonds is 5. The van der Waals surface area contributed by atoms with Crippen LogP contribution in [-0.4, -0.2) is 38.8 Å². The minimum atomic E-state index is -0.119. The van der Waals surface area contributed by atoms with Gasteiger partial charge in [0.25, 0.3) is 0 Å². The van der Waals surface area contributed by atoms with Gasteiger partial charge in [0, 0.05) is 18.2 Å². The van der Waals surface area contributed by atoms with E-state index in [1.165, 1.54) is 0 Å². The molecule has 2 aromatic rings. The Morgan fingerprint density at radius 1 is 1.19 bits per heavy atom. The lowest BCUT2D eigenvalue weighted by Crippen LogP contribution is -2.50. The van der Waals surface area contributed by atoms with E-state index in [4.69, 9.17) is 9.47 Å². The normalized spacial score (nSPS) is 14.8. The van der Waals surface area contributed by atoms with Gasteiger partial charge < -0.3 is 25.0 Å². The predicted molar refractivity (Wildman–Crippen MR) is 105 cm³/mol. The summed E-state index contributed by atoms with van der Waals surface area (Å²) < 4.78 is 10.5. The molecule has 138 valence electrons. The smallest absolute Gasteiger partial charge is 0.243 e. The Kier molecular flexibility index (Phi) is 4.93. The molecule has 6 nitrogen and oxygen atoms in total. The van der Waals surface area contributed by atoms with Gasteiger partial charge in [0.05, 0.1) is 37.8 Å². The zero-order chi connectivity index (χ0) is 18.7.